The lowest BCUT2D eigenvalue weighted by atomic mass is 10.1. The second kappa shape index (κ2) is 8.08. The summed E-state index contributed by atoms with van der Waals surface area (Å²) in [6, 6.07) is 1.47. The fourth-order valence-electron chi connectivity index (χ4n) is 2.80. The smallest absolute Gasteiger partial charge is 0.0192 e. The van der Waals surface area contributed by atoms with Gasteiger partial charge in [-0.1, -0.05) is 39.5 Å². The highest BCUT2D eigenvalue weighted by Gasteiger charge is 2.14. The van der Waals surface area contributed by atoms with E-state index in [-0.39, 0.29) is 0 Å². The van der Waals surface area contributed by atoms with Crippen LogP contribution in [0.3, 0.4) is 0 Å². The van der Waals surface area contributed by atoms with Crippen LogP contribution in [0.1, 0.15) is 59.3 Å². The van der Waals surface area contributed by atoms with Crippen LogP contribution in [0.2, 0.25) is 0 Å². The molecule has 0 amide bonds. The van der Waals surface area contributed by atoms with Gasteiger partial charge in [0.15, 0.2) is 0 Å². The van der Waals surface area contributed by atoms with E-state index in [9.17, 15) is 0 Å². The van der Waals surface area contributed by atoms with E-state index >= 15 is 0 Å². The second-order valence-corrected chi connectivity index (χ2v) is 5.17. The summed E-state index contributed by atoms with van der Waals surface area (Å²) in [6.07, 6.45) is 8.54. The first-order valence-electron chi connectivity index (χ1n) is 7.25. The summed E-state index contributed by atoms with van der Waals surface area (Å²) in [5.41, 5.74) is 0. The van der Waals surface area contributed by atoms with Crippen molar-refractivity contribution in [2.45, 2.75) is 71.4 Å². The minimum atomic E-state index is 0.679. The van der Waals surface area contributed by atoms with E-state index in [4.69, 9.17) is 0 Å². The normalized spacial score (nSPS) is 21.0. The van der Waals surface area contributed by atoms with Crippen LogP contribution in [0.4, 0.5) is 0 Å². The Labute approximate surface area is 102 Å². The molecule has 1 unspecified atom stereocenters. The van der Waals surface area contributed by atoms with Gasteiger partial charge in [0.05, 0.1) is 0 Å². The van der Waals surface area contributed by atoms with Crippen LogP contribution in [-0.2, 0) is 0 Å². The molecule has 1 rings (SSSR count). The lowest BCUT2D eigenvalue weighted by Crippen LogP contribution is -2.43. The van der Waals surface area contributed by atoms with E-state index in [2.05, 4.69) is 31.0 Å². The summed E-state index contributed by atoms with van der Waals surface area (Å²) in [4.78, 5) is 2.53. The van der Waals surface area contributed by atoms with Gasteiger partial charge in [0.2, 0.25) is 0 Å². The first-order chi connectivity index (χ1) is 7.77. The maximum absolute atomic E-state index is 3.77. The summed E-state index contributed by atoms with van der Waals surface area (Å²) in [7, 11) is 0. The molecule has 0 aliphatic heterocycles. The average Bonchev–Trinajstić information content (AvgIpc) is 2.56. The molecule has 2 heteroatoms. The Morgan fingerprint density at radius 1 is 1.06 bits per heavy atom. The Morgan fingerprint density at radius 2 is 1.62 bits per heavy atom. The van der Waals surface area contributed by atoms with Gasteiger partial charge in [-0.3, -0.25) is 4.90 Å². The average molecular weight is 226 g/mol. The zero-order valence-corrected chi connectivity index (χ0v) is 11.5. The van der Waals surface area contributed by atoms with Crippen molar-refractivity contribution >= 4 is 0 Å². The van der Waals surface area contributed by atoms with Crippen LogP contribution in [0.25, 0.3) is 0 Å². The second-order valence-electron chi connectivity index (χ2n) is 5.17. The number of nitrogens with zero attached hydrogens (tertiary/aromatic N) is 1. The van der Waals surface area contributed by atoms with Crippen molar-refractivity contribution in [1.82, 2.24) is 10.2 Å². The predicted octanol–water partition coefficient (Wildman–Crippen LogP) is 3.03. The topological polar surface area (TPSA) is 15.3 Å². The third-order valence-corrected chi connectivity index (χ3v) is 3.99. The van der Waals surface area contributed by atoms with E-state index in [1.807, 2.05) is 0 Å². The van der Waals surface area contributed by atoms with Crippen molar-refractivity contribution in [3.63, 3.8) is 0 Å². The highest BCUT2D eigenvalue weighted by molar-refractivity contribution is 4.74. The highest BCUT2D eigenvalue weighted by atomic mass is 15.2. The summed E-state index contributed by atoms with van der Waals surface area (Å²) in [6.45, 7) is 10.4. The third kappa shape index (κ3) is 4.84. The van der Waals surface area contributed by atoms with Gasteiger partial charge in [0, 0.05) is 18.6 Å². The molecule has 2 nitrogen and oxygen atoms in total. The van der Waals surface area contributed by atoms with Crippen molar-refractivity contribution in [2.75, 3.05) is 19.6 Å². The first kappa shape index (κ1) is 14.0. The van der Waals surface area contributed by atoms with E-state index < -0.39 is 0 Å². The molecule has 0 saturated heterocycles. The van der Waals surface area contributed by atoms with Gasteiger partial charge < -0.3 is 5.32 Å². The summed E-state index contributed by atoms with van der Waals surface area (Å²) >= 11 is 0. The monoisotopic (exact) mass is 226 g/mol. The van der Waals surface area contributed by atoms with Gasteiger partial charge in [-0.05, 0) is 32.9 Å². The summed E-state index contributed by atoms with van der Waals surface area (Å²) in [5, 5.41) is 3.77. The maximum atomic E-state index is 3.77. The number of nitrogens with one attached hydrogen (secondary N) is 1. The maximum Gasteiger partial charge on any atom is 0.0192 e. The molecule has 1 fully saturated rings. The molecule has 1 aliphatic rings. The third-order valence-electron chi connectivity index (χ3n) is 3.99. The Kier molecular flexibility index (Phi) is 7.06. The van der Waals surface area contributed by atoms with Gasteiger partial charge in [-0.25, -0.2) is 0 Å². The fourth-order valence-corrected chi connectivity index (χ4v) is 2.80. The molecule has 96 valence electrons. The molecule has 0 bridgehead atoms. The molecular weight excluding hydrogens is 196 g/mol. The predicted molar refractivity (Wildman–Crippen MR) is 71.9 cm³/mol. The van der Waals surface area contributed by atoms with Crippen LogP contribution in [-0.4, -0.2) is 36.6 Å². The highest BCUT2D eigenvalue weighted by Crippen LogP contribution is 2.17. The lowest BCUT2D eigenvalue weighted by molar-refractivity contribution is 0.219. The van der Waals surface area contributed by atoms with Crippen molar-refractivity contribution in [3.05, 3.63) is 0 Å². The molecule has 0 aromatic carbocycles. The molecule has 16 heavy (non-hydrogen) atoms. The number of hydrogen-bond donors (Lipinski definition) is 1. The van der Waals surface area contributed by atoms with E-state index in [1.165, 1.54) is 51.6 Å². The van der Waals surface area contributed by atoms with Crippen molar-refractivity contribution < 1.29 is 0 Å². The quantitative estimate of drug-likeness (QED) is 0.700. The fraction of sp³-hybridized carbons (Fsp3) is 1.00. The minimum Gasteiger partial charge on any atom is -0.312 e. The van der Waals surface area contributed by atoms with Crippen molar-refractivity contribution in [3.8, 4) is 0 Å². The van der Waals surface area contributed by atoms with Crippen molar-refractivity contribution in [2.24, 2.45) is 0 Å². The van der Waals surface area contributed by atoms with Crippen LogP contribution in [0, 0.1) is 0 Å². The molecule has 1 atom stereocenters. The van der Waals surface area contributed by atoms with Crippen LogP contribution >= 0.6 is 0 Å². The van der Waals surface area contributed by atoms with Gasteiger partial charge in [0.1, 0.15) is 0 Å². The van der Waals surface area contributed by atoms with E-state index in [0.29, 0.717) is 6.04 Å². The molecule has 1 saturated carbocycles. The van der Waals surface area contributed by atoms with Crippen LogP contribution < -0.4 is 5.32 Å². The van der Waals surface area contributed by atoms with E-state index in [0.717, 1.165) is 12.6 Å². The van der Waals surface area contributed by atoms with Gasteiger partial charge >= 0.3 is 0 Å². The van der Waals surface area contributed by atoms with Crippen LogP contribution in [0.5, 0.6) is 0 Å². The Balaban J connectivity index is 2.21. The number of likely N-dealkylation sites (N-methyl/N-ethyl adjacent to an activating group) is 1. The standard InChI is InChI=1S/C14H30N2/c1-4-16(5-2)13(3)12-15-14-10-8-6-7-9-11-14/h13-15H,4-12H2,1-3H3. The first-order valence-corrected chi connectivity index (χ1v) is 7.25. The van der Waals surface area contributed by atoms with Gasteiger partial charge in [0.25, 0.3) is 0 Å². The van der Waals surface area contributed by atoms with Crippen LogP contribution in [0.15, 0.2) is 0 Å². The molecule has 0 radical (unpaired) electrons. The minimum absolute atomic E-state index is 0.679. The molecule has 0 aromatic heterocycles. The zero-order chi connectivity index (χ0) is 11.8. The molecule has 1 aliphatic carbocycles. The molecule has 0 spiro atoms. The molecule has 0 aromatic rings. The van der Waals surface area contributed by atoms with Gasteiger partial charge in [-0.15, -0.1) is 0 Å². The molecule has 0 heterocycles. The largest absolute Gasteiger partial charge is 0.312 e. The number of hydrogen-bond acceptors (Lipinski definition) is 2. The zero-order valence-electron chi connectivity index (χ0n) is 11.5. The van der Waals surface area contributed by atoms with Crippen molar-refractivity contribution in [1.29, 1.82) is 0 Å². The Bertz CT molecular complexity index is 156. The lowest BCUT2D eigenvalue weighted by Gasteiger charge is -2.28. The summed E-state index contributed by atoms with van der Waals surface area (Å²) in [5.74, 6) is 0. The SMILES string of the molecule is CCN(CC)C(C)CNC1CCCCCC1. The Hall–Kier alpha value is -0.0800. The number of rotatable bonds is 6. The van der Waals surface area contributed by atoms with Gasteiger partial charge in [-0.2, -0.15) is 0 Å². The molecule has 1 N–H and O–H groups in total. The van der Waals surface area contributed by atoms with E-state index in [1.54, 1.807) is 0 Å². The summed E-state index contributed by atoms with van der Waals surface area (Å²) < 4.78 is 0. The molecular formula is C14H30N2. The Morgan fingerprint density at radius 3 is 2.12 bits per heavy atom.